The summed E-state index contributed by atoms with van der Waals surface area (Å²) in [5.41, 5.74) is 0.740. The van der Waals surface area contributed by atoms with Gasteiger partial charge in [0, 0.05) is 19.8 Å². The summed E-state index contributed by atoms with van der Waals surface area (Å²) >= 11 is 0. The third-order valence-electron chi connectivity index (χ3n) is 2.34. The molecule has 0 N–H and O–H groups in total. The molecule has 1 rings (SSSR count). The van der Waals surface area contributed by atoms with Gasteiger partial charge in [-0.05, 0) is 12.8 Å². The van der Waals surface area contributed by atoms with Crippen molar-refractivity contribution < 1.29 is 8.85 Å². The second-order valence-electron chi connectivity index (χ2n) is 3.06. The number of hydrogen-bond acceptors (Lipinski definition) is 2. The van der Waals surface area contributed by atoms with E-state index in [-0.39, 0.29) is 0 Å². The Labute approximate surface area is 70.7 Å². The lowest BCUT2D eigenvalue weighted by atomic mass is 10.0. The third kappa shape index (κ3) is 2.58. The van der Waals surface area contributed by atoms with Crippen molar-refractivity contribution in [3.63, 3.8) is 0 Å². The van der Waals surface area contributed by atoms with Crippen molar-refractivity contribution in [1.29, 1.82) is 0 Å². The average Bonchev–Trinajstić information content (AvgIpc) is 2.09. The molecule has 11 heavy (non-hydrogen) atoms. The molecule has 3 heteroatoms. The second kappa shape index (κ2) is 4.90. The zero-order valence-electron chi connectivity index (χ0n) is 7.43. The van der Waals surface area contributed by atoms with Crippen LogP contribution in [0.1, 0.15) is 32.1 Å². The molecule has 1 radical (unpaired) electrons. The van der Waals surface area contributed by atoms with Crippen LogP contribution in [0, 0.1) is 0 Å². The van der Waals surface area contributed by atoms with E-state index in [0.29, 0.717) is 0 Å². The molecule has 0 amide bonds. The minimum absolute atomic E-state index is 0.740. The van der Waals surface area contributed by atoms with Crippen LogP contribution in [0.4, 0.5) is 0 Å². The van der Waals surface area contributed by atoms with Crippen LogP contribution >= 0.6 is 0 Å². The topological polar surface area (TPSA) is 18.5 Å². The Hall–Kier alpha value is 0.137. The van der Waals surface area contributed by atoms with E-state index in [0.717, 1.165) is 5.54 Å². The van der Waals surface area contributed by atoms with Gasteiger partial charge in [-0.25, -0.2) is 0 Å². The van der Waals surface area contributed by atoms with Crippen LogP contribution in [-0.4, -0.2) is 23.5 Å². The fraction of sp³-hybridized carbons (Fsp3) is 1.00. The van der Waals surface area contributed by atoms with Gasteiger partial charge in [0.15, 0.2) is 0 Å². The lowest BCUT2D eigenvalue weighted by Crippen LogP contribution is -2.27. The standard InChI is InChI=1S/C8H17O2Si/c1-9-11(10-2)8-6-4-3-5-7-8/h8H,3-7H2,1-2H3. The average molecular weight is 173 g/mol. The smallest absolute Gasteiger partial charge is 0.387 e. The molecule has 0 aliphatic heterocycles. The van der Waals surface area contributed by atoms with Crippen LogP contribution < -0.4 is 0 Å². The van der Waals surface area contributed by atoms with Gasteiger partial charge in [0.25, 0.3) is 0 Å². The molecule has 1 aliphatic carbocycles. The van der Waals surface area contributed by atoms with E-state index in [2.05, 4.69) is 0 Å². The van der Waals surface area contributed by atoms with Crippen LogP contribution in [0.5, 0.6) is 0 Å². The summed E-state index contributed by atoms with van der Waals surface area (Å²) in [6, 6.07) is 0. The van der Waals surface area contributed by atoms with Crippen molar-refractivity contribution in [2.45, 2.75) is 37.6 Å². The van der Waals surface area contributed by atoms with Crippen LogP contribution in [0.25, 0.3) is 0 Å². The Bertz CT molecular complexity index is 98.3. The molecule has 0 unspecified atom stereocenters. The van der Waals surface area contributed by atoms with Crippen molar-refractivity contribution in [3.05, 3.63) is 0 Å². The largest absolute Gasteiger partial charge is 0.397 e. The lowest BCUT2D eigenvalue weighted by Gasteiger charge is -2.24. The van der Waals surface area contributed by atoms with E-state index in [9.17, 15) is 0 Å². The summed E-state index contributed by atoms with van der Waals surface area (Å²) in [6.07, 6.45) is 6.77. The van der Waals surface area contributed by atoms with Crippen molar-refractivity contribution in [2.24, 2.45) is 0 Å². The summed E-state index contributed by atoms with van der Waals surface area (Å²) in [5, 5.41) is 0. The van der Waals surface area contributed by atoms with Crippen molar-refractivity contribution in [1.82, 2.24) is 0 Å². The van der Waals surface area contributed by atoms with E-state index < -0.39 is 9.28 Å². The normalized spacial score (nSPS) is 21.0. The summed E-state index contributed by atoms with van der Waals surface area (Å²) < 4.78 is 10.6. The molecule has 0 aromatic rings. The van der Waals surface area contributed by atoms with Gasteiger partial charge in [0.2, 0.25) is 0 Å². The van der Waals surface area contributed by atoms with Gasteiger partial charge >= 0.3 is 9.28 Å². The minimum Gasteiger partial charge on any atom is -0.397 e. The van der Waals surface area contributed by atoms with Crippen molar-refractivity contribution >= 4 is 9.28 Å². The highest BCUT2D eigenvalue weighted by molar-refractivity contribution is 6.46. The molecule has 0 saturated heterocycles. The van der Waals surface area contributed by atoms with Gasteiger partial charge in [-0.3, -0.25) is 0 Å². The Balaban J connectivity index is 2.30. The maximum absolute atomic E-state index is 5.32. The fourth-order valence-corrected chi connectivity index (χ4v) is 3.47. The molecule has 0 bridgehead atoms. The van der Waals surface area contributed by atoms with Crippen LogP contribution in [0.3, 0.4) is 0 Å². The van der Waals surface area contributed by atoms with Crippen LogP contribution in [0.2, 0.25) is 5.54 Å². The monoisotopic (exact) mass is 173 g/mol. The molecule has 65 valence electrons. The molecule has 0 heterocycles. The van der Waals surface area contributed by atoms with E-state index in [1.807, 2.05) is 0 Å². The molecule has 0 spiro atoms. The third-order valence-corrected chi connectivity index (χ3v) is 4.39. The maximum Gasteiger partial charge on any atom is 0.387 e. The van der Waals surface area contributed by atoms with E-state index >= 15 is 0 Å². The van der Waals surface area contributed by atoms with Gasteiger partial charge < -0.3 is 8.85 Å². The lowest BCUT2D eigenvalue weighted by molar-refractivity contribution is 0.252. The minimum atomic E-state index is -0.924. The van der Waals surface area contributed by atoms with Gasteiger partial charge in [0.1, 0.15) is 0 Å². The van der Waals surface area contributed by atoms with Crippen LogP contribution in [-0.2, 0) is 8.85 Å². The molecule has 1 fully saturated rings. The second-order valence-corrected chi connectivity index (χ2v) is 5.33. The highest BCUT2D eigenvalue weighted by atomic mass is 28.3. The molecule has 2 nitrogen and oxygen atoms in total. The molecule has 1 aliphatic rings. The van der Waals surface area contributed by atoms with Gasteiger partial charge in [0.05, 0.1) is 0 Å². The first-order chi connectivity index (χ1) is 5.38. The molecule has 0 atom stereocenters. The van der Waals surface area contributed by atoms with E-state index in [1.165, 1.54) is 32.1 Å². The predicted molar refractivity (Wildman–Crippen MR) is 46.6 cm³/mol. The van der Waals surface area contributed by atoms with Gasteiger partial charge in [-0.15, -0.1) is 0 Å². The SMILES string of the molecule is CO[Si](OC)C1CCCCC1. The van der Waals surface area contributed by atoms with Crippen LogP contribution in [0.15, 0.2) is 0 Å². The summed E-state index contributed by atoms with van der Waals surface area (Å²) in [4.78, 5) is 0. The van der Waals surface area contributed by atoms with Gasteiger partial charge in [-0.2, -0.15) is 0 Å². The molecular weight excluding hydrogens is 156 g/mol. The Morgan fingerprint density at radius 1 is 1.00 bits per heavy atom. The molecule has 1 saturated carbocycles. The van der Waals surface area contributed by atoms with E-state index in [4.69, 9.17) is 8.85 Å². The molecule has 0 aromatic carbocycles. The predicted octanol–water partition coefficient (Wildman–Crippen LogP) is 2.10. The zero-order chi connectivity index (χ0) is 8.10. The summed E-state index contributed by atoms with van der Waals surface area (Å²) in [6.45, 7) is 0. The van der Waals surface area contributed by atoms with Crippen molar-refractivity contribution in [2.75, 3.05) is 14.2 Å². The van der Waals surface area contributed by atoms with Gasteiger partial charge in [-0.1, -0.05) is 19.3 Å². The molecular formula is C8H17O2Si. The van der Waals surface area contributed by atoms with E-state index in [1.54, 1.807) is 14.2 Å². The number of rotatable bonds is 3. The first-order valence-electron chi connectivity index (χ1n) is 4.33. The van der Waals surface area contributed by atoms with Crippen molar-refractivity contribution in [3.8, 4) is 0 Å². The number of hydrogen-bond donors (Lipinski definition) is 0. The quantitative estimate of drug-likeness (QED) is 0.608. The highest BCUT2D eigenvalue weighted by Crippen LogP contribution is 2.31. The zero-order valence-corrected chi connectivity index (χ0v) is 8.43. The summed E-state index contributed by atoms with van der Waals surface area (Å²) in [7, 11) is 2.62. The molecule has 0 aromatic heterocycles. The maximum atomic E-state index is 5.32. The highest BCUT2D eigenvalue weighted by Gasteiger charge is 2.27. The first kappa shape index (κ1) is 9.23. The Morgan fingerprint density at radius 3 is 2.00 bits per heavy atom. The Kier molecular flexibility index (Phi) is 4.11. The fourth-order valence-electron chi connectivity index (χ4n) is 1.75. The summed E-state index contributed by atoms with van der Waals surface area (Å²) in [5.74, 6) is 0. The Morgan fingerprint density at radius 2 is 1.55 bits per heavy atom. The first-order valence-corrected chi connectivity index (χ1v) is 5.72.